The molecule has 1 saturated heterocycles. The number of nitrogens with zero attached hydrogens (tertiary/aromatic N) is 2. The van der Waals surface area contributed by atoms with Gasteiger partial charge < -0.3 is 10.4 Å². The summed E-state index contributed by atoms with van der Waals surface area (Å²) < 4.78 is 0. The number of hydrogen-bond acceptors (Lipinski definition) is 7. The molecule has 2 aliphatic rings. The Hall–Kier alpha value is -2.17. The van der Waals surface area contributed by atoms with Gasteiger partial charge in [-0.2, -0.15) is 0 Å². The minimum atomic E-state index is -1.14. The zero-order valence-corrected chi connectivity index (χ0v) is 15.7. The van der Waals surface area contributed by atoms with Crippen LogP contribution in [0.2, 0.25) is 0 Å². The summed E-state index contributed by atoms with van der Waals surface area (Å²) in [5.74, 6) is -1.31. The van der Waals surface area contributed by atoms with Gasteiger partial charge in [0.2, 0.25) is 5.91 Å². The first-order valence-corrected chi connectivity index (χ1v) is 10.5. The minimum Gasteiger partial charge on any atom is -0.477 e. The number of β-lactam (4-membered cyclic amide) rings is 1. The molecule has 2 unspecified atom stereocenters. The lowest BCUT2D eigenvalue weighted by atomic mass is 10.0. The molecule has 0 aromatic carbocycles. The van der Waals surface area contributed by atoms with E-state index >= 15 is 0 Å². The first kappa shape index (κ1) is 17.3. The van der Waals surface area contributed by atoms with Crippen LogP contribution >= 0.6 is 34.4 Å². The molecular formula is C16H13N3O4S3. The third kappa shape index (κ3) is 2.93. The number of aliphatic carboxylic acids is 1. The Morgan fingerprint density at radius 3 is 2.88 bits per heavy atom. The molecule has 7 nitrogen and oxygen atoms in total. The van der Waals surface area contributed by atoms with Crippen molar-refractivity contribution in [3.05, 3.63) is 44.7 Å². The standard InChI is InChI=1S/C16H13N3O4S3/c20-11(4-8-2-1-3-24-8)18-12-14(21)19-13(16(22)23)9(6-25-15(12)19)10-5-17-7-26-10/h1-3,5,7,12,15H,4,6H2,(H,18,20)(H,22,23). The topological polar surface area (TPSA) is 99.6 Å². The van der Waals surface area contributed by atoms with Gasteiger partial charge in [-0.05, 0) is 11.4 Å². The van der Waals surface area contributed by atoms with Gasteiger partial charge in [-0.15, -0.1) is 34.4 Å². The van der Waals surface area contributed by atoms with Crippen molar-refractivity contribution in [2.45, 2.75) is 17.8 Å². The molecular weight excluding hydrogens is 394 g/mol. The van der Waals surface area contributed by atoms with E-state index in [0.717, 1.165) is 9.75 Å². The van der Waals surface area contributed by atoms with Gasteiger partial charge in [0.1, 0.15) is 17.1 Å². The number of carboxylic acid groups (broad SMARTS) is 1. The largest absolute Gasteiger partial charge is 0.477 e. The fraction of sp³-hybridized carbons (Fsp3) is 0.250. The fourth-order valence-electron chi connectivity index (χ4n) is 2.97. The average Bonchev–Trinajstić information content (AvgIpc) is 3.32. The molecule has 0 spiro atoms. The molecule has 0 bridgehead atoms. The number of aromatic nitrogens is 1. The third-order valence-corrected chi connectivity index (χ3v) is 7.12. The van der Waals surface area contributed by atoms with E-state index in [4.69, 9.17) is 0 Å². The fourth-order valence-corrected chi connectivity index (χ4v) is 5.80. The quantitative estimate of drug-likeness (QED) is 0.731. The maximum absolute atomic E-state index is 12.6. The van der Waals surface area contributed by atoms with Crippen molar-refractivity contribution in [1.82, 2.24) is 15.2 Å². The van der Waals surface area contributed by atoms with Crippen molar-refractivity contribution < 1.29 is 19.5 Å². The number of carboxylic acids is 1. The Bertz CT molecular complexity index is 892. The smallest absolute Gasteiger partial charge is 0.353 e. The van der Waals surface area contributed by atoms with Crippen LogP contribution in [0.15, 0.2) is 34.9 Å². The molecule has 2 aliphatic heterocycles. The number of carbonyl (C=O) groups is 3. The Morgan fingerprint density at radius 1 is 1.38 bits per heavy atom. The highest BCUT2D eigenvalue weighted by Crippen LogP contribution is 2.43. The van der Waals surface area contributed by atoms with Gasteiger partial charge in [0.25, 0.3) is 5.91 Å². The van der Waals surface area contributed by atoms with Gasteiger partial charge >= 0.3 is 5.97 Å². The highest BCUT2D eigenvalue weighted by atomic mass is 32.2. The van der Waals surface area contributed by atoms with Crippen LogP contribution in [0, 0.1) is 0 Å². The number of fused-ring (bicyclic) bond motifs is 1. The second-order valence-electron chi connectivity index (χ2n) is 5.71. The van der Waals surface area contributed by atoms with Crippen LogP contribution in [0.3, 0.4) is 0 Å². The second kappa shape index (κ2) is 6.86. The van der Waals surface area contributed by atoms with Gasteiger partial charge in [0, 0.05) is 22.4 Å². The number of thiophene rings is 1. The molecule has 4 heterocycles. The molecule has 10 heteroatoms. The van der Waals surface area contributed by atoms with E-state index < -0.39 is 17.4 Å². The lowest BCUT2D eigenvalue weighted by Crippen LogP contribution is -2.70. The van der Waals surface area contributed by atoms with Crippen LogP contribution in [0.25, 0.3) is 5.57 Å². The van der Waals surface area contributed by atoms with Crippen molar-refractivity contribution >= 4 is 57.8 Å². The summed E-state index contributed by atoms with van der Waals surface area (Å²) in [6.07, 6.45) is 1.82. The van der Waals surface area contributed by atoms with E-state index in [2.05, 4.69) is 10.3 Å². The monoisotopic (exact) mass is 407 g/mol. The van der Waals surface area contributed by atoms with Gasteiger partial charge in [-0.25, -0.2) is 4.79 Å². The molecule has 2 amide bonds. The number of amides is 2. The summed E-state index contributed by atoms with van der Waals surface area (Å²) in [6, 6.07) is 3.04. The number of carbonyl (C=O) groups excluding carboxylic acids is 2. The summed E-state index contributed by atoms with van der Waals surface area (Å²) in [5.41, 5.74) is 2.22. The molecule has 2 aromatic heterocycles. The highest BCUT2D eigenvalue weighted by Gasteiger charge is 2.54. The number of rotatable bonds is 5. The second-order valence-corrected chi connectivity index (χ2v) is 8.73. The Kier molecular flexibility index (Phi) is 4.55. The molecule has 2 N–H and O–H groups in total. The minimum absolute atomic E-state index is 0.00763. The van der Waals surface area contributed by atoms with Gasteiger partial charge in [0.05, 0.1) is 16.8 Å². The van der Waals surface area contributed by atoms with Crippen LogP contribution in [0.5, 0.6) is 0 Å². The predicted molar refractivity (Wildman–Crippen MR) is 99.7 cm³/mol. The molecule has 26 heavy (non-hydrogen) atoms. The van der Waals surface area contributed by atoms with Crippen molar-refractivity contribution in [2.24, 2.45) is 0 Å². The lowest BCUT2D eigenvalue weighted by molar-refractivity contribution is -0.150. The van der Waals surface area contributed by atoms with Crippen molar-refractivity contribution in [3.8, 4) is 0 Å². The Labute approximate surface area is 160 Å². The summed E-state index contributed by atoms with van der Waals surface area (Å²) >= 11 is 4.27. The van der Waals surface area contributed by atoms with Crippen LogP contribution < -0.4 is 5.32 Å². The van der Waals surface area contributed by atoms with E-state index in [0.29, 0.717) is 11.3 Å². The first-order chi connectivity index (χ1) is 12.6. The van der Waals surface area contributed by atoms with Gasteiger partial charge in [-0.1, -0.05) is 6.07 Å². The molecule has 0 aliphatic carbocycles. The van der Waals surface area contributed by atoms with E-state index in [9.17, 15) is 19.5 Å². The molecule has 2 atom stereocenters. The normalized spacial score (nSPS) is 22.0. The molecule has 134 valence electrons. The molecule has 1 fully saturated rings. The van der Waals surface area contributed by atoms with Crippen LogP contribution in [0.4, 0.5) is 0 Å². The number of nitrogens with one attached hydrogen (secondary N) is 1. The maximum atomic E-state index is 12.6. The van der Waals surface area contributed by atoms with Gasteiger partial charge in [-0.3, -0.25) is 19.5 Å². The van der Waals surface area contributed by atoms with Crippen LogP contribution in [-0.4, -0.2) is 49.9 Å². The summed E-state index contributed by atoms with van der Waals surface area (Å²) in [7, 11) is 0. The molecule has 4 rings (SSSR count). The molecule has 0 radical (unpaired) electrons. The Morgan fingerprint density at radius 2 is 2.23 bits per heavy atom. The van der Waals surface area contributed by atoms with Crippen LogP contribution in [-0.2, 0) is 20.8 Å². The Balaban J connectivity index is 1.52. The number of thiazole rings is 1. The number of thioether (sulfide) groups is 1. The zero-order valence-electron chi connectivity index (χ0n) is 13.2. The van der Waals surface area contributed by atoms with E-state index in [1.807, 2.05) is 17.5 Å². The predicted octanol–water partition coefficient (Wildman–Crippen LogP) is 1.64. The van der Waals surface area contributed by atoms with Crippen molar-refractivity contribution in [2.75, 3.05) is 5.75 Å². The third-order valence-electron chi connectivity index (χ3n) is 4.13. The molecule has 0 saturated carbocycles. The van der Waals surface area contributed by atoms with Gasteiger partial charge in [0.15, 0.2) is 0 Å². The molecule has 2 aromatic rings. The highest BCUT2D eigenvalue weighted by molar-refractivity contribution is 8.00. The lowest BCUT2D eigenvalue weighted by Gasteiger charge is -2.49. The zero-order chi connectivity index (χ0) is 18.3. The summed E-state index contributed by atoms with van der Waals surface area (Å²) in [4.78, 5) is 43.4. The SMILES string of the molecule is O=C(Cc1cccs1)NC1C(=O)N2C(C(=O)O)=C(c3cncs3)CSC12. The van der Waals surface area contributed by atoms with Crippen molar-refractivity contribution in [1.29, 1.82) is 0 Å². The summed E-state index contributed by atoms with van der Waals surface area (Å²) in [6.45, 7) is 0. The number of hydrogen-bond donors (Lipinski definition) is 2. The maximum Gasteiger partial charge on any atom is 0.353 e. The average molecular weight is 407 g/mol. The summed E-state index contributed by atoms with van der Waals surface area (Å²) in [5, 5.41) is 13.9. The van der Waals surface area contributed by atoms with Crippen LogP contribution in [0.1, 0.15) is 9.75 Å². The van der Waals surface area contributed by atoms with E-state index in [-0.39, 0.29) is 23.9 Å². The first-order valence-electron chi connectivity index (χ1n) is 7.68. The van der Waals surface area contributed by atoms with E-state index in [1.165, 1.54) is 39.3 Å². The van der Waals surface area contributed by atoms with Crippen molar-refractivity contribution in [3.63, 3.8) is 0 Å². The van der Waals surface area contributed by atoms with E-state index in [1.54, 1.807) is 11.7 Å².